The Balaban J connectivity index is 1.50. The number of likely N-dealkylation sites (tertiary alicyclic amines) is 1. The van der Waals surface area contributed by atoms with Gasteiger partial charge in [-0.1, -0.05) is 5.16 Å². The minimum atomic E-state index is -0.906. The molecule has 21 heavy (non-hydrogen) atoms. The molecule has 3 aliphatic rings. The Kier molecular flexibility index (Phi) is 3.51. The van der Waals surface area contributed by atoms with Gasteiger partial charge in [0, 0.05) is 12.3 Å². The Morgan fingerprint density at radius 2 is 2.00 bits per heavy atom. The van der Waals surface area contributed by atoms with Gasteiger partial charge < -0.3 is 14.7 Å². The summed E-state index contributed by atoms with van der Waals surface area (Å²) >= 11 is 0. The zero-order valence-corrected chi connectivity index (χ0v) is 12.1. The molecule has 1 amide bonds. The molecule has 1 saturated heterocycles. The van der Waals surface area contributed by atoms with Crippen molar-refractivity contribution in [1.29, 1.82) is 0 Å². The van der Waals surface area contributed by atoms with Gasteiger partial charge in [0.15, 0.2) is 5.60 Å². The van der Waals surface area contributed by atoms with Gasteiger partial charge in [-0.3, -0.25) is 9.69 Å². The molecule has 0 aromatic rings. The highest BCUT2D eigenvalue weighted by atomic mass is 16.7. The fourth-order valence-corrected chi connectivity index (χ4v) is 3.55. The molecule has 116 valence electrons. The summed E-state index contributed by atoms with van der Waals surface area (Å²) in [5.74, 6) is 0.240. The quantitative estimate of drug-likeness (QED) is 0.780. The van der Waals surface area contributed by atoms with Crippen LogP contribution in [0.4, 0.5) is 4.79 Å². The molecule has 0 atom stereocenters. The van der Waals surface area contributed by atoms with Crippen molar-refractivity contribution in [3.63, 3.8) is 0 Å². The molecule has 0 bridgehead atoms. The second-order valence-electron chi connectivity index (χ2n) is 6.24. The van der Waals surface area contributed by atoms with Crippen LogP contribution in [-0.4, -0.2) is 53.6 Å². The SMILES string of the molecule is COC(=O)C1CCC(C2=NOC3(C2)CN(C(=O)O)C3)CC1. The van der Waals surface area contributed by atoms with Gasteiger partial charge >= 0.3 is 12.1 Å². The molecule has 2 heterocycles. The molecule has 0 aromatic heterocycles. The lowest BCUT2D eigenvalue weighted by Gasteiger charge is -2.43. The minimum absolute atomic E-state index is 0.00864. The van der Waals surface area contributed by atoms with E-state index in [9.17, 15) is 9.59 Å². The molecular formula is C14H20N2O5. The van der Waals surface area contributed by atoms with Crippen LogP contribution in [0.15, 0.2) is 5.16 Å². The molecular weight excluding hydrogens is 276 g/mol. The number of carbonyl (C=O) groups excluding carboxylic acids is 1. The molecule has 7 nitrogen and oxygen atoms in total. The van der Waals surface area contributed by atoms with Crippen molar-refractivity contribution in [1.82, 2.24) is 4.90 Å². The van der Waals surface area contributed by atoms with Crippen LogP contribution in [0.2, 0.25) is 0 Å². The second kappa shape index (κ2) is 5.20. The van der Waals surface area contributed by atoms with Crippen LogP contribution >= 0.6 is 0 Å². The number of carboxylic acid groups (broad SMARTS) is 1. The second-order valence-corrected chi connectivity index (χ2v) is 6.24. The Bertz CT molecular complexity index is 476. The highest BCUT2D eigenvalue weighted by molar-refractivity contribution is 5.89. The number of hydrogen-bond donors (Lipinski definition) is 1. The topological polar surface area (TPSA) is 88.4 Å². The first kappa shape index (κ1) is 14.2. The normalized spacial score (nSPS) is 30.3. The third-order valence-corrected chi connectivity index (χ3v) is 4.82. The lowest BCUT2D eigenvalue weighted by Crippen LogP contribution is -2.63. The van der Waals surface area contributed by atoms with E-state index in [1.807, 2.05) is 0 Å². The average Bonchev–Trinajstić information content (AvgIpc) is 2.90. The summed E-state index contributed by atoms with van der Waals surface area (Å²) in [6.07, 6.45) is 3.29. The predicted octanol–water partition coefficient (Wildman–Crippen LogP) is 1.47. The first-order chi connectivity index (χ1) is 10.0. The van der Waals surface area contributed by atoms with Crippen molar-refractivity contribution >= 4 is 17.8 Å². The maximum absolute atomic E-state index is 11.5. The first-order valence-electron chi connectivity index (χ1n) is 7.34. The standard InChI is InChI=1S/C14H20N2O5/c1-20-12(17)10-4-2-9(3-5-10)11-6-14(21-15-11)7-16(8-14)13(18)19/h9-10H,2-8H2,1H3,(H,18,19). The molecule has 0 radical (unpaired) electrons. The molecule has 0 aromatic carbocycles. The Labute approximate surface area is 122 Å². The van der Waals surface area contributed by atoms with E-state index in [2.05, 4.69) is 5.16 Å². The van der Waals surface area contributed by atoms with Gasteiger partial charge in [0.2, 0.25) is 0 Å². The van der Waals surface area contributed by atoms with Crippen LogP contribution < -0.4 is 0 Å². The summed E-state index contributed by atoms with van der Waals surface area (Å²) in [6.45, 7) is 0.791. The van der Waals surface area contributed by atoms with E-state index < -0.39 is 11.7 Å². The smallest absolute Gasteiger partial charge is 0.407 e. The molecule has 1 aliphatic carbocycles. The van der Waals surface area contributed by atoms with Gasteiger partial charge in [-0.15, -0.1) is 0 Å². The number of ether oxygens (including phenoxy) is 1. The molecule has 2 fully saturated rings. The van der Waals surface area contributed by atoms with Gasteiger partial charge in [0.25, 0.3) is 0 Å². The maximum atomic E-state index is 11.5. The lowest BCUT2D eigenvalue weighted by atomic mass is 9.76. The molecule has 7 heteroatoms. The van der Waals surface area contributed by atoms with Gasteiger partial charge in [0.1, 0.15) is 0 Å². The number of rotatable bonds is 2. The summed E-state index contributed by atoms with van der Waals surface area (Å²) in [4.78, 5) is 29.2. The van der Waals surface area contributed by atoms with Crippen molar-refractivity contribution < 1.29 is 24.3 Å². The number of amides is 1. The third kappa shape index (κ3) is 2.56. The Morgan fingerprint density at radius 3 is 2.57 bits per heavy atom. The molecule has 3 rings (SSSR count). The van der Waals surface area contributed by atoms with Gasteiger partial charge in [-0.25, -0.2) is 4.79 Å². The van der Waals surface area contributed by atoms with E-state index in [1.165, 1.54) is 12.0 Å². The van der Waals surface area contributed by atoms with Crippen LogP contribution in [0.1, 0.15) is 32.1 Å². The van der Waals surface area contributed by atoms with Crippen LogP contribution in [-0.2, 0) is 14.4 Å². The van der Waals surface area contributed by atoms with E-state index in [4.69, 9.17) is 14.7 Å². The van der Waals surface area contributed by atoms with Crippen molar-refractivity contribution in [2.24, 2.45) is 17.0 Å². The van der Waals surface area contributed by atoms with E-state index in [0.29, 0.717) is 25.4 Å². The molecule has 0 unspecified atom stereocenters. The largest absolute Gasteiger partial charge is 0.469 e. The number of nitrogens with zero attached hydrogens (tertiary/aromatic N) is 2. The van der Waals surface area contributed by atoms with E-state index in [-0.39, 0.29) is 11.9 Å². The highest BCUT2D eigenvalue weighted by Crippen LogP contribution is 2.39. The highest BCUT2D eigenvalue weighted by Gasteiger charge is 2.52. The van der Waals surface area contributed by atoms with Crippen LogP contribution in [0.5, 0.6) is 0 Å². The van der Waals surface area contributed by atoms with Crippen molar-refractivity contribution in [3.8, 4) is 0 Å². The van der Waals surface area contributed by atoms with E-state index in [1.54, 1.807) is 0 Å². The number of oxime groups is 1. The molecule has 2 aliphatic heterocycles. The Morgan fingerprint density at radius 1 is 1.33 bits per heavy atom. The summed E-state index contributed by atoms with van der Waals surface area (Å²) in [5.41, 5.74) is 0.607. The molecule has 1 saturated carbocycles. The summed E-state index contributed by atoms with van der Waals surface area (Å²) in [7, 11) is 1.43. The fraction of sp³-hybridized carbons (Fsp3) is 0.786. The lowest BCUT2D eigenvalue weighted by molar-refractivity contribution is -0.146. The van der Waals surface area contributed by atoms with Crippen molar-refractivity contribution in [3.05, 3.63) is 0 Å². The van der Waals surface area contributed by atoms with Gasteiger partial charge in [-0.2, -0.15) is 0 Å². The molecule has 1 spiro atoms. The predicted molar refractivity (Wildman–Crippen MR) is 72.9 cm³/mol. The van der Waals surface area contributed by atoms with Gasteiger partial charge in [0.05, 0.1) is 31.8 Å². The van der Waals surface area contributed by atoms with E-state index in [0.717, 1.165) is 31.4 Å². The van der Waals surface area contributed by atoms with Crippen LogP contribution in [0.3, 0.4) is 0 Å². The fourth-order valence-electron chi connectivity index (χ4n) is 3.55. The summed E-state index contributed by atoms with van der Waals surface area (Å²) in [6, 6.07) is 0. The minimum Gasteiger partial charge on any atom is -0.469 e. The van der Waals surface area contributed by atoms with Gasteiger partial charge in [-0.05, 0) is 25.7 Å². The first-order valence-corrected chi connectivity index (χ1v) is 7.34. The van der Waals surface area contributed by atoms with Crippen LogP contribution in [0.25, 0.3) is 0 Å². The number of esters is 1. The third-order valence-electron chi connectivity index (χ3n) is 4.82. The van der Waals surface area contributed by atoms with Crippen molar-refractivity contribution in [2.75, 3.05) is 20.2 Å². The number of hydrogen-bond acceptors (Lipinski definition) is 5. The maximum Gasteiger partial charge on any atom is 0.407 e. The van der Waals surface area contributed by atoms with Crippen LogP contribution in [0, 0.1) is 11.8 Å². The zero-order valence-electron chi connectivity index (χ0n) is 12.1. The summed E-state index contributed by atoms with van der Waals surface area (Å²) in [5, 5.41) is 13.1. The average molecular weight is 296 g/mol. The monoisotopic (exact) mass is 296 g/mol. The number of methoxy groups -OCH3 is 1. The zero-order chi connectivity index (χ0) is 15.0. The Hall–Kier alpha value is -1.79. The summed E-state index contributed by atoms with van der Waals surface area (Å²) < 4.78 is 4.79. The number of carbonyl (C=O) groups is 2. The molecule has 1 N–H and O–H groups in total. The van der Waals surface area contributed by atoms with Crippen molar-refractivity contribution in [2.45, 2.75) is 37.7 Å². The van der Waals surface area contributed by atoms with E-state index >= 15 is 0 Å².